The molecule has 3 amide bonds. The van der Waals surface area contributed by atoms with Crippen LogP contribution in [-0.2, 0) is 4.79 Å². The molecule has 2 fully saturated rings. The van der Waals surface area contributed by atoms with Crippen LogP contribution in [0.25, 0.3) is 0 Å². The van der Waals surface area contributed by atoms with Crippen molar-refractivity contribution in [2.24, 2.45) is 0 Å². The van der Waals surface area contributed by atoms with Gasteiger partial charge in [-0.05, 0) is 63.3 Å². The van der Waals surface area contributed by atoms with Crippen LogP contribution in [0, 0.1) is 13.8 Å². The fraction of sp³-hybridized carbons (Fsp3) is 0.579. The summed E-state index contributed by atoms with van der Waals surface area (Å²) in [4.78, 5) is 28.6. The van der Waals surface area contributed by atoms with Crippen molar-refractivity contribution in [1.82, 2.24) is 10.2 Å². The SMILES string of the molecule is Cc1ccc(N2C[C@H](NC(=O)N3CCCC[C@H]3C)CC2=O)cc1C. The van der Waals surface area contributed by atoms with Gasteiger partial charge in [-0.25, -0.2) is 4.79 Å². The number of urea groups is 1. The first-order valence-electron chi connectivity index (χ1n) is 8.90. The number of aryl methyl sites for hydroxylation is 2. The highest BCUT2D eigenvalue weighted by Crippen LogP contribution is 2.24. The Morgan fingerprint density at radius 3 is 2.71 bits per heavy atom. The number of benzene rings is 1. The van der Waals surface area contributed by atoms with Crippen molar-refractivity contribution >= 4 is 17.6 Å². The summed E-state index contributed by atoms with van der Waals surface area (Å²) in [5, 5.41) is 3.06. The van der Waals surface area contributed by atoms with Gasteiger partial charge in [0.25, 0.3) is 0 Å². The number of anilines is 1. The highest BCUT2D eigenvalue weighted by molar-refractivity contribution is 5.97. The highest BCUT2D eigenvalue weighted by Gasteiger charge is 2.33. The quantitative estimate of drug-likeness (QED) is 0.907. The van der Waals surface area contributed by atoms with Crippen LogP contribution < -0.4 is 10.2 Å². The molecule has 1 aromatic carbocycles. The zero-order chi connectivity index (χ0) is 17.3. The molecule has 0 aliphatic carbocycles. The average molecular weight is 329 g/mol. The number of nitrogens with zero attached hydrogens (tertiary/aromatic N) is 2. The topological polar surface area (TPSA) is 52.7 Å². The summed E-state index contributed by atoms with van der Waals surface area (Å²) in [5.41, 5.74) is 3.32. The minimum Gasteiger partial charge on any atom is -0.333 e. The second-order valence-electron chi connectivity index (χ2n) is 7.16. The maximum absolute atomic E-state index is 12.5. The van der Waals surface area contributed by atoms with Gasteiger partial charge >= 0.3 is 6.03 Å². The van der Waals surface area contributed by atoms with Crippen LogP contribution in [0.5, 0.6) is 0 Å². The molecule has 2 heterocycles. The van der Waals surface area contributed by atoms with E-state index < -0.39 is 0 Å². The maximum atomic E-state index is 12.5. The molecule has 3 rings (SSSR count). The van der Waals surface area contributed by atoms with E-state index >= 15 is 0 Å². The molecule has 2 aliphatic rings. The summed E-state index contributed by atoms with van der Waals surface area (Å²) in [6.45, 7) is 7.58. The van der Waals surface area contributed by atoms with E-state index in [4.69, 9.17) is 0 Å². The molecule has 0 radical (unpaired) electrons. The van der Waals surface area contributed by atoms with Gasteiger partial charge in [0.1, 0.15) is 0 Å². The first-order valence-corrected chi connectivity index (χ1v) is 8.90. The summed E-state index contributed by atoms with van der Waals surface area (Å²) in [5.74, 6) is 0.0789. The molecule has 0 aromatic heterocycles. The summed E-state index contributed by atoms with van der Waals surface area (Å²) < 4.78 is 0. The van der Waals surface area contributed by atoms with Crippen molar-refractivity contribution in [3.05, 3.63) is 29.3 Å². The summed E-state index contributed by atoms with van der Waals surface area (Å²) in [6, 6.07) is 6.22. The van der Waals surface area contributed by atoms with Gasteiger partial charge in [0.2, 0.25) is 5.91 Å². The van der Waals surface area contributed by atoms with Crippen molar-refractivity contribution in [2.75, 3.05) is 18.0 Å². The lowest BCUT2D eigenvalue weighted by Crippen LogP contribution is -2.50. The number of carbonyl (C=O) groups is 2. The van der Waals surface area contributed by atoms with Gasteiger partial charge in [-0.2, -0.15) is 0 Å². The highest BCUT2D eigenvalue weighted by atomic mass is 16.2. The fourth-order valence-corrected chi connectivity index (χ4v) is 3.60. The number of hydrogen-bond donors (Lipinski definition) is 1. The number of amides is 3. The molecule has 24 heavy (non-hydrogen) atoms. The van der Waals surface area contributed by atoms with Crippen molar-refractivity contribution in [2.45, 2.75) is 58.5 Å². The van der Waals surface area contributed by atoms with Crippen LogP contribution in [0.2, 0.25) is 0 Å². The smallest absolute Gasteiger partial charge is 0.317 e. The molecule has 2 atom stereocenters. The lowest BCUT2D eigenvalue weighted by atomic mass is 10.0. The molecule has 0 spiro atoms. The van der Waals surface area contributed by atoms with Crippen molar-refractivity contribution in [1.29, 1.82) is 0 Å². The van der Waals surface area contributed by atoms with Crippen molar-refractivity contribution < 1.29 is 9.59 Å². The molecular weight excluding hydrogens is 302 g/mol. The standard InChI is InChI=1S/C19H27N3O2/c1-13-7-8-17(10-14(13)2)22-12-16(11-18(22)23)20-19(24)21-9-5-4-6-15(21)3/h7-8,10,15-16H,4-6,9,11-12H2,1-3H3,(H,20,24)/t15-,16-/m1/s1. The van der Waals surface area contributed by atoms with E-state index in [0.717, 1.165) is 25.1 Å². The van der Waals surface area contributed by atoms with E-state index in [1.54, 1.807) is 4.90 Å². The van der Waals surface area contributed by atoms with Crippen molar-refractivity contribution in [3.63, 3.8) is 0 Å². The van der Waals surface area contributed by atoms with Gasteiger partial charge in [-0.3, -0.25) is 4.79 Å². The summed E-state index contributed by atoms with van der Waals surface area (Å²) >= 11 is 0. The zero-order valence-electron chi connectivity index (χ0n) is 14.8. The largest absolute Gasteiger partial charge is 0.333 e. The van der Waals surface area contributed by atoms with Crippen LogP contribution in [0.3, 0.4) is 0 Å². The van der Waals surface area contributed by atoms with Crippen LogP contribution in [0.1, 0.15) is 43.7 Å². The van der Waals surface area contributed by atoms with Crippen LogP contribution in [0.15, 0.2) is 18.2 Å². The maximum Gasteiger partial charge on any atom is 0.317 e. The fourth-order valence-electron chi connectivity index (χ4n) is 3.60. The molecule has 2 saturated heterocycles. The third kappa shape index (κ3) is 3.40. The zero-order valence-corrected chi connectivity index (χ0v) is 14.8. The lowest BCUT2D eigenvalue weighted by Gasteiger charge is -2.34. The molecule has 130 valence electrons. The molecule has 0 bridgehead atoms. The van der Waals surface area contributed by atoms with Gasteiger partial charge in [-0.1, -0.05) is 6.07 Å². The van der Waals surface area contributed by atoms with Gasteiger partial charge in [0, 0.05) is 31.2 Å². The third-order valence-corrected chi connectivity index (χ3v) is 5.32. The Bertz CT molecular complexity index is 643. The molecule has 5 nitrogen and oxygen atoms in total. The van der Waals surface area contributed by atoms with E-state index in [1.807, 2.05) is 23.1 Å². The number of nitrogens with one attached hydrogen (secondary N) is 1. The first-order chi connectivity index (χ1) is 11.5. The molecule has 1 aromatic rings. The Hall–Kier alpha value is -2.04. The number of likely N-dealkylation sites (tertiary alicyclic amines) is 1. The number of hydrogen-bond acceptors (Lipinski definition) is 2. The van der Waals surface area contributed by atoms with E-state index in [0.29, 0.717) is 13.0 Å². The predicted octanol–water partition coefficient (Wildman–Crippen LogP) is 2.99. The number of piperidine rings is 1. The van der Waals surface area contributed by atoms with Crippen LogP contribution in [0.4, 0.5) is 10.5 Å². The Morgan fingerprint density at radius 2 is 2.00 bits per heavy atom. The molecule has 0 unspecified atom stereocenters. The molecule has 0 saturated carbocycles. The molecule has 5 heteroatoms. The number of carbonyl (C=O) groups excluding carboxylic acids is 2. The van der Waals surface area contributed by atoms with Gasteiger partial charge in [0.15, 0.2) is 0 Å². The minimum absolute atomic E-state index is 0.0260. The van der Waals surface area contributed by atoms with Gasteiger partial charge in [-0.15, -0.1) is 0 Å². The molecular formula is C19H27N3O2. The van der Waals surface area contributed by atoms with Crippen LogP contribution in [-0.4, -0.2) is 42.0 Å². The first kappa shape index (κ1) is 16.8. The summed E-state index contributed by atoms with van der Waals surface area (Å²) in [7, 11) is 0. The predicted molar refractivity (Wildman–Crippen MR) is 95.2 cm³/mol. The normalized spacial score (nSPS) is 24.4. The summed E-state index contributed by atoms with van der Waals surface area (Å²) in [6.07, 6.45) is 3.69. The second-order valence-corrected chi connectivity index (χ2v) is 7.16. The molecule has 2 aliphatic heterocycles. The molecule has 1 N–H and O–H groups in total. The lowest BCUT2D eigenvalue weighted by molar-refractivity contribution is -0.117. The van der Waals surface area contributed by atoms with Gasteiger partial charge in [0.05, 0.1) is 6.04 Å². The van der Waals surface area contributed by atoms with Crippen molar-refractivity contribution in [3.8, 4) is 0 Å². The van der Waals surface area contributed by atoms with E-state index in [1.165, 1.54) is 17.5 Å². The van der Waals surface area contributed by atoms with Gasteiger partial charge < -0.3 is 15.1 Å². The van der Waals surface area contributed by atoms with E-state index in [9.17, 15) is 9.59 Å². The van der Waals surface area contributed by atoms with E-state index in [2.05, 4.69) is 26.1 Å². The minimum atomic E-state index is -0.110. The average Bonchev–Trinajstić information content (AvgIpc) is 2.91. The monoisotopic (exact) mass is 329 g/mol. The van der Waals surface area contributed by atoms with E-state index in [-0.39, 0.29) is 24.0 Å². The Morgan fingerprint density at radius 1 is 1.21 bits per heavy atom. The van der Waals surface area contributed by atoms with Crippen LogP contribution >= 0.6 is 0 Å². The Labute approximate surface area is 144 Å². The Kier molecular flexibility index (Phi) is 4.78. The third-order valence-electron chi connectivity index (χ3n) is 5.32. The second kappa shape index (κ2) is 6.83. The number of rotatable bonds is 2. The Balaban J connectivity index is 1.64.